The summed E-state index contributed by atoms with van der Waals surface area (Å²) in [6.45, 7) is 15.1. The minimum absolute atomic E-state index is 0.462. The van der Waals surface area contributed by atoms with E-state index in [1.807, 2.05) is 0 Å². The van der Waals surface area contributed by atoms with Crippen molar-refractivity contribution in [3.05, 3.63) is 12.2 Å². The number of allylic oxidation sites excluding steroid dienone is 1. The zero-order valence-corrected chi connectivity index (χ0v) is 17.6. The highest BCUT2D eigenvalue weighted by molar-refractivity contribution is 6.62. The van der Waals surface area contributed by atoms with Gasteiger partial charge in [-0.2, -0.15) is 8.78 Å². The first-order valence-corrected chi connectivity index (χ1v) is 11.1. The second kappa shape index (κ2) is 6.08. The lowest BCUT2D eigenvalue weighted by Crippen LogP contribution is -2.59. The normalized spacial score (nSPS) is 47.4. The molecule has 6 saturated carbocycles. The van der Waals surface area contributed by atoms with Gasteiger partial charge in [0.2, 0.25) is 0 Å². The van der Waals surface area contributed by atoms with E-state index >= 15 is 0 Å². The van der Waals surface area contributed by atoms with Gasteiger partial charge in [-0.1, -0.05) is 66.0 Å². The second-order valence-corrected chi connectivity index (χ2v) is 11.6. The Hall–Kier alpha value is -0.335. The van der Waals surface area contributed by atoms with E-state index in [2.05, 4.69) is 41.5 Å². The van der Waals surface area contributed by atoms with E-state index in [-0.39, 0.29) is 0 Å². The number of hydrogen-bond acceptors (Lipinski definition) is 0. The van der Waals surface area contributed by atoms with Crippen LogP contribution in [0, 0.1) is 46.3 Å². The van der Waals surface area contributed by atoms with Crippen LogP contribution in [-0.4, -0.2) is 6.71 Å². The van der Waals surface area contributed by atoms with E-state index in [4.69, 9.17) is 0 Å². The number of rotatable bonds is 4. The van der Waals surface area contributed by atoms with Gasteiger partial charge in [0.1, 0.15) is 0 Å². The molecule has 8 atom stereocenters. The fourth-order valence-corrected chi connectivity index (χ4v) is 8.40. The molecule has 6 aliphatic rings. The van der Waals surface area contributed by atoms with Gasteiger partial charge in [0.15, 0.2) is 6.71 Å². The molecule has 6 aliphatic carbocycles. The van der Waals surface area contributed by atoms with Gasteiger partial charge in [-0.3, -0.25) is 0 Å². The number of hydrogen-bond donors (Lipinski definition) is 0. The molecule has 0 spiro atoms. The fourth-order valence-electron chi connectivity index (χ4n) is 8.40. The van der Waals surface area contributed by atoms with Crippen molar-refractivity contribution in [3.8, 4) is 0 Å². The van der Waals surface area contributed by atoms with E-state index in [1.54, 1.807) is 0 Å². The first-order valence-electron chi connectivity index (χ1n) is 11.1. The largest absolute Gasteiger partial charge is 0.265 e. The van der Waals surface area contributed by atoms with E-state index in [1.165, 1.54) is 31.8 Å². The molecule has 4 bridgehead atoms. The smallest absolute Gasteiger partial charge is 0.174 e. The van der Waals surface area contributed by atoms with E-state index < -0.39 is 6.08 Å². The quantitative estimate of drug-likeness (QED) is 0.457. The van der Waals surface area contributed by atoms with Gasteiger partial charge in [0.25, 0.3) is 6.08 Å². The Bertz CT molecular complexity index is 549. The van der Waals surface area contributed by atoms with Gasteiger partial charge in [-0.05, 0) is 71.6 Å². The average molecular weight is 362 g/mol. The summed E-state index contributed by atoms with van der Waals surface area (Å²) >= 11 is 0. The minimum Gasteiger partial charge on any atom is -0.174 e. The minimum atomic E-state index is -1.47. The maximum absolute atomic E-state index is 13.0. The van der Waals surface area contributed by atoms with Crippen LogP contribution in [0.3, 0.4) is 0 Å². The van der Waals surface area contributed by atoms with Crippen molar-refractivity contribution in [2.24, 2.45) is 46.3 Å². The summed E-state index contributed by atoms with van der Waals surface area (Å²) in [6, 6.07) is 0. The molecule has 6 rings (SSSR count). The van der Waals surface area contributed by atoms with E-state index in [9.17, 15) is 8.78 Å². The molecule has 0 radical (unpaired) electrons. The van der Waals surface area contributed by atoms with Crippen LogP contribution in [0.4, 0.5) is 8.78 Å². The van der Waals surface area contributed by atoms with Crippen LogP contribution in [0.25, 0.3) is 0 Å². The Balaban J connectivity index is 1.57. The van der Waals surface area contributed by atoms with Crippen LogP contribution in [0.1, 0.15) is 67.2 Å². The summed E-state index contributed by atoms with van der Waals surface area (Å²) in [6.07, 6.45) is 5.69. The third-order valence-corrected chi connectivity index (χ3v) is 10.5. The molecule has 0 heterocycles. The van der Waals surface area contributed by atoms with Gasteiger partial charge in [0.05, 0.1) is 0 Å². The van der Waals surface area contributed by atoms with Gasteiger partial charge in [-0.15, -0.1) is 0 Å². The summed E-state index contributed by atoms with van der Waals surface area (Å²) < 4.78 is 26.0. The van der Waals surface area contributed by atoms with Crippen molar-refractivity contribution < 1.29 is 8.78 Å². The van der Waals surface area contributed by atoms with Crippen molar-refractivity contribution in [1.82, 2.24) is 0 Å². The molecule has 6 fully saturated rings. The number of halogens is 2. The Kier molecular flexibility index (Phi) is 4.44. The molecule has 3 heteroatoms. The second-order valence-electron chi connectivity index (χ2n) is 11.6. The molecule has 0 N–H and O–H groups in total. The molecule has 0 nitrogen and oxygen atoms in total. The molecule has 0 unspecified atom stereocenters. The van der Waals surface area contributed by atoms with E-state index in [0.29, 0.717) is 47.3 Å². The van der Waals surface area contributed by atoms with Crippen molar-refractivity contribution in [2.75, 3.05) is 0 Å². The molecule has 0 aromatic carbocycles. The van der Waals surface area contributed by atoms with Crippen LogP contribution in [0.15, 0.2) is 12.2 Å². The molecule has 0 saturated heterocycles. The highest BCUT2D eigenvalue weighted by Gasteiger charge is 2.62. The summed E-state index contributed by atoms with van der Waals surface area (Å²) in [5.41, 5.74) is 0.952. The Morgan fingerprint density at radius 2 is 1.27 bits per heavy atom. The van der Waals surface area contributed by atoms with Gasteiger partial charge in [-0.25, -0.2) is 0 Å². The maximum atomic E-state index is 13.0. The molecular weight excluding hydrogens is 325 g/mol. The van der Waals surface area contributed by atoms with Crippen molar-refractivity contribution in [1.29, 1.82) is 0 Å². The summed E-state index contributed by atoms with van der Waals surface area (Å²) in [4.78, 5) is 0. The predicted molar refractivity (Wildman–Crippen MR) is 107 cm³/mol. The lowest BCUT2D eigenvalue weighted by atomic mass is 9.20. The average Bonchev–Trinajstić information content (AvgIpc) is 2.55. The zero-order chi connectivity index (χ0) is 19.0. The first-order chi connectivity index (χ1) is 12.0. The van der Waals surface area contributed by atoms with Crippen LogP contribution in [0.2, 0.25) is 18.0 Å². The fraction of sp³-hybridized carbons (Fsp3) is 0.913. The third-order valence-electron chi connectivity index (χ3n) is 10.5. The lowest BCUT2D eigenvalue weighted by molar-refractivity contribution is -0.107. The van der Waals surface area contributed by atoms with Gasteiger partial charge < -0.3 is 0 Å². The predicted octanol–water partition coefficient (Wildman–Crippen LogP) is 7.41. The number of fused-ring (bicyclic) bond motifs is 4. The molecule has 0 aliphatic heterocycles. The van der Waals surface area contributed by atoms with Crippen LogP contribution in [-0.2, 0) is 0 Å². The topological polar surface area (TPSA) is 0 Å². The van der Waals surface area contributed by atoms with Gasteiger partial charge >= 0.3 is 0 Å². The maximum Gasteiger partial charge on any atom is 0.265 e. The van der Waals surface area contributed by atoms with Crippen molar-refractivity contribution in [2.45, 2.75) is 85.2 Å². The lowest BCUT2D eigenvalue weighted by Gasteiger charge is -2.66. The molecule has 26 heavy (non-hydrogen) atoms. The molecule has 0 aromatic rings. The standard InChI is InChI=1S/C23H37BF2/c1-13-17-9-15(22(17,3)4)11-19(13)24(8-7-21(25)26)20-12-16-10-18(14(20)2)23(16,5)6/h7,13-20H,8-12H2,1-6H3/t13-,14-,15+,16+,17-,18-,19-,20-/m1/s1. The monoisotopic (exact) mass is 362 g/mol. The van der Waals surface area contributed by atoms with Gasteiger partial charge in [0, 0.05) is 0 Å². The van der Waals surface area contributed by atoms with Crippen LogP contribution < -0.4 is 0 Å². The Labute approximate surface area is 159 Å². The molecule has 0 amide bonds. The summed E-state index contributed by atoms with van der Waals surface area (Å²) in [5, 5.41) is 0. The SMILES string of the molecule is C[C@@H]1[C@H]2C[C@@H](C[C@H]1B(CC=C(F)F)[C@@H]1C[C@@H]3C[C@H]([C@H]1C)C3(C)C)C2(C)C. The molecular formula is C23H37BF2. The summed E-state index contributed by atoms with van der Waals surface area (Å²) in [5.74, 6) is 5.92. The third kappa shape index (κ3) is 2.58. The first kappa shape index (κ1) is 19.0. The Morgan fingerprint density at radius 1 is 0.846 bits per heavy atom. The van der Waals surface area contributed by atoms with E-state index in [0.717, 1.165) is 23.7 Å². The summed E-state index contributed by atoms with van der Waals surface area (Å²) in [7, 11) is 0. The zero-order valence-electron chi connectivity index (χ0n) is 17.6. The highest BCUT2D eigenvalue weighted by Crippen LogP contribution is 2.69. The molecule has 146 valence electrons. The van der Waals surface area contributed by atoms with Crippen molar-refractivity contribution >= 4 is 6.71 Å². The molecule has 0 aromatic heterocycles. The van der Waals surface area contributed by atoms with Crippen LogP contribution in [0.5, 0.6) is 0 Å². The van der Waals surface area contributed by atoms with Crippen LogP contribution >= 0.6 is 0 Å². The van der Waals surface area contributed by atoms with Crippen molar-refractivity contribution in [3.63, 3.8) is 0 Å². The highest BCUT2D eigenvalue weighted by atomic mass is 19.3. The Morgan fingerprint density at radius 3 is 1.58 bits per heavy atom.